The smallest absolute Gasteiger partial charge is 0.341 e. The SMILES string of the molecule is CCCCCCOC(=O)c1cc2ccccc2c(-c2c(O)c(C(=O)OCCCCCC)cc3ccccc23)c1O. The van der Waals surface area contributed by atoms with E-state index in [2.05, 4.69) is 13.8 Å². The Hall–Kier alpha value is -4.06. The highest BCUT2D eigenvalue weighted by Crippen LogP contribution is 2.47. The van der Waals surface area contributed by atoms with Gasteiger partial charge >= 0.3 is 11.9 Å². The molecule has 0 amide bonds. The van der Waals surface area contributed by atoms with Crippen molar-refractivity contribution in [1.82, 2.24) is 0 Å². The number of aromatic hydroxyl groups is 2. The molecule has 0 saturated carbocycles. The summed E-state index contributed by atoms with van der Waals surface area (Å²) in [5, 5.41) is 25.8. The Morgan fingerprint density at radius 1 is 0.600 bits per heavy atom. The van der Waals surface area contributed by atoms with E-state index in [1.165, 1.54) is 0 Å². The highest BCUT2D eigenvalue weighted by Gasteiger charge is 2.26. The summed E-state index contributed by atoms with van der Waals surface area (Å²) in [5.41, 5.74) is 0.554. The molecule has 6 heteroatoms. The fourth-order valence-corrected chi connectivity index (χ4v) is 5.03. The number of esters is 2. The quantitative estimate of drug-likeness (QED) is 0.130. The van der Waals surface area contributed by atoms with E-state index >= 15 is 0 Å². The van der Waals surface area contributed by atoms with Crippen LogP contribution in [0.3, 0.4) is 0 Å². The molecule has 0 atom stereocenters. The standard InChI is InChI=1S/C34H38O6/c1-3-5-7-13-19-39-33(37)27-21-23-15-9-11-17-25(23)29(31(27)35)30-26-18-12-10-16-24(26)22-28(32(30)36)34(38)40-20-14-8-6-4-2/h9-12,15-18,21-22,35-36H,3-8,13-14,19-20H2,1-2H3. The molecule has 4 aromatic rings. The lowest BCUT2D eigenvalue weighted by Crippen LogP contribution is -2.09. The average molecular weight is 543 g/mol. The Morgan fingerprint density at radius 2 is 1.00 bits per heavy atom. The topological polar surface area (TPSA) is 93.1 Å². The maximum absolute atomic E-state index is 13.1. The summed E-state index contributed by atoms with van der Waals surface area (Å²) in [5.74, 6) is -1.87. The van der Waals surface area contributed by atoms with Gasteiger partial charge in [0.25, 0.3) is 0 Å². The van der Waals surface area contributed by atoms with Gasteiger partial charge in [-0.15, -0.1) is 0 Å². The molecule has 40 heavy (non-hydrogen) atoms. The van der Waals surface area contributed by atoms with E-state index < -0.39 is 11.9 Å². The third-order valence-electron chi connectivity index (χ3n) is 7.20. The molecule has 210 valence electrons. The highest BCUT2D eigenvalue weighted by atomic mass is 16.5. The van der Waals surface area contributed by atoms with E-state index in [-0.39, 0.29) is 47.0 Å². The molecule has 4 aromatic carbocycles. The van der Waals surface area contributed by atoms with Gasteiger partial charge in [-0.2, -0.15) is 0 Å². The number of hydrogen-bond acceptors (Lipinski definition) is 6. The van der Waals surface area contributed by atoms with E-state index in [4.69, 9.17) is 9.47 Å². The number of ether oxygens (including phenoxy) is 2. The summed E-state index contributed by atoms with van der Waals surface area (Å²) in [6.07, 6.45) is 7.68. The fraction of sp³-hybridized carbons (Fsp3) is 0.353. The Balaban J connectivity index is 1.82. The van der Waals surface area contributed by atoms with Crippen molar-refractivity contribution < 1.29 is 29.3 Å². The largest absolute Gasteiger partial charge is 0.506 e. The molecule has 0 saturated heterocycles. The van der Waals surface area contributed by atoms with Crippen LogP contribution in [0.2, 0.25) is 0 Å². The molecule has 2 N–H and O–H groups in total. The second-order valence-corrected chi connectivity index (χ2v) is 10.1. The van der Waals surface area contributed by atoms with Gasteiger partial charge in [-0.1, -0.05) is 101 Å². The molecule has 0 radical (unpaired) electrons. The van der Waals surface area contributed by atoms with E-state index in [0.29, 0.717) is 21.5 Å². The van der Waals surface area contributed by atoms with Gasteiger partial charge in [0.2, 0.25) is 0 Å². The van der Waals surface area contributed by atoms with Crippen LogP contribution in [0.4, 0.5) is 0 Å². The lowest BCUT2D eigenvalue weighted by molar-refractivity contribution is 0.0484. The van der Waals surface area contributed by atoms with Gasteiger partial charge in [-0.3, -0.25) is 0 Å². The van der Waals surface area contributed by atoms with Crippen molar-refractivity contribution in [3.05, 3.63) is 71.8 Å². The predicted octanol–water partition coefficient (Wildman–Crippen LogP) is 8.55. The van der Waals surface area contributed by atoms with Gasteiger partial charge < -0.3 is 19.7 Å². The lowest BCUT2D eigenvalue weighted by Gasteiger charge is -2.18. The number of phenols is 2. The number of unbranched alkanes of at least 4 members (excludes halogenated alkanes) is 6. The zero-order valence-electron chi connectivity index (χ0n) is 23.4. The molecule has 0 aromatic heterocycles. The maximum atomic E-state index is 13.1. The first-order chi connectivity index (χ1) is 19.5. The van der Waals surface area contributed by atoms with Crippen LogP contribution in [0.25, 0.3) is 32.7 Å². The number of carbonyl (C=O) groups excluding carboxylic acids is 2. The first-order valence-electron chi connectivity index (χ1n) is 14.3. The molecule has 0 aliphatic carbocycles. The molecule has 4 rings (SSSR count). The minimum atomic E-state index is -0.632. The summed E-state index contributed by atoms with van der Waals surface area (Å²) in [6.45, 7) is 4.74. The maximum Gasteiger partial charge on any atom is 0.341 e. The molecule has 0 aliphatic heterocycles. The number of hydrogen-bond donors (Lipinski definition) is 2. The summed E-state index contributed by atoms with van der Waals surface area (Å²) in [7, 11) is 0. The molecule has 6 nitrogen and oxygen atoms in total. The zero-order chi connectivity index (χ0) is 28.5. The highest BCUT2D eigenvalue weighted by molar-refractivity contribution is 6.15. The molecule has 0 aliphatic rings. The number of carbonyl (C=O) groups is 2. The first kappa shape index (κ1) is 28.9. The van der Waals surface area contributed by atoms with Crippen LogP contribution >= 0.6 is 0 Å². The second-order valence-electron chi connectivity index (χ2n) is 10.1. The molecule has 0 fully saturated rings. The third-order valence-corrected chi connectivity index (χ3v) is 7.20. The Morgan fingerprint density at radius 3 is 1.40 bits per heavy atom. The predicted molar refractivity (Wildman–Crippen MR) is 159 cm³/mol. The summed E-state index contributed by atoms with van der Waals surface area (Å²) in [6, 6.07) is 17.9. The Labute approximate surface area is 235 Å². The van der Waals surface area contributed by atoms with E-state index in [1.807, 2.05) is 48.5 Å². The van der Waals surface area contributed by atoms with E-state index in [1.54, 1.807) is 12.1 Å². The van der Waals surface area contributed by atoms with Gasteiger partial charge in [0.15, 0.2) is 0 Å². The van der Waals surface area contributed by atoms with Crippen LogP contribution in [-0.2, 0) is 9.47 Å². The van der Waals surface area contributed by atoms with Gasteiger partial charge in [-0.25, -0.2) is 9.59 Å². The van der Waals surface area contributed by atoms with Crippen molar-refractivity contribution in [3.8, 4) is 22.6 Å². The van der Waals surface area contributed by atoms with Crippen molar-refractivity contribution in [2.45, 2.75) is 65.2 Å². The van der Waals surface area contributed by atoms with Crippen molar-refractivity contribution >= 4 is 33.5 Å². The number of benzene rings is 4. The van der Waals surface area contributed by atoms with Crippen molar-refractivity contribution in [3.63, 3.8) is 0 Å². The Kier molecular flexibility index (Phi) is 10.0. The van der Waals surface area contributed by atoms with Crippen LogP contribution in [0.15, 0.2) is 60.7 Å². The van der Waals surface area contributed by atoms with Crippen molar-refractivity contribution in [1.29, 1.82) is 0 Å². The minimum Gasteiger partial charge on any atom is -0.506 e. The van der Waals surface area contributed by atoms with Gasteiger partial charge in [0, 0.05) is 11.1 Å². The molecule has 0 spiro atoms. The van der Waals surface area contributed by atoms with E-state index in [0.717, 1.165) is 51.4 Å². The van der Waals surface area contributed by atoms with Crippen LogP contribution in [-0.4, -0.2) is 35.4 Å². The van der Waals surface area contributed by atoms with Gasteiger partial charge in [0.1, 0.15) is 22.6 Å². The van der Waals surface area contributed by atoms with Crippen LogP contribution in [0.1, 0.15) is 85.9 Å². The van der Waals surface area contributed by atoms with E-state index in [9.17, 15) is 19.8 Å². The molecule has 0 bridgehead atoms. The summed E-state index contributed by atoms with van der Waals surface area (Å²) in [4.78, 5) is 26.2. The number of rotatable bonds is 13. The van der Waals surface area contributed by atoms with Crippen molar-refractivity contribution in [2.75, 3.05) is 13.2 Å². The first-order valence-corrected chi connectivity index (χ1v) is 14.3. The molecular formula is C34H38O6. The summed E-state index contributed by atoms with van der Waals surface area (Å²) < 4.78 is 11.0. The fourth-order valence-electron chi connectivity index (χ4n) is 5.03. The van der Waals surface area contributed by atoms with Crippen LogP contribution in [0, 0.1) is 0 Å². The molecular weight excluding hydrogens is 504 g/mol. The van der Waals surface area contributed by atoms with Crippen LogP contribution in [0.5, 0.6) is 11.5 Å². The number of fused-ring (bicyclic) bond motifs is 2. The minimum absolute atomic E-state index is 0.0107. The molecule has 0 heterocycles. The Bertz CT molecular complexity index is 1380. The van der Waals surface area contributed by atoms with Crippen LogP contribution < -0.4 is 0 Å². The van der Waals surface area contributed by atoms with Gasteiger partial charge in [-0.05, 0) is 46.5 Å². The van der Waals surface area contributed by atoms with Crippen molar-refractivity contribution in [2.24, 2.45) is 0 Å². The lowest BCUT2D eigenvalue weighted by atomic mass is 9.89. The number of phenolic OH excluding ortho intramolecular Hbond substituents is 2. The normalized spacial score (nSPS) is 11.2. The average Bonchev–Trinajstić information content (AvgIpc) is 2.96. The zero-order valence-corrected chi connectivity index (χ0v) is 23.4. The monoisotopic (exact) mass is 542 g/mol. The molecule has 0 unspecified atom stereocenters. The van der Waals surface area contributed by atoms with Gasteiger partial charge in [0.05, 0.1) is 13.2 Å². The second kappa shape index (κ2) is 13.8. The summed E-state index contributed by atoms with van der Waals surface area (Å²) >= 11 is 0. The third kappa shape index (κ3) is 6.39.